The first kappa shape index (κ1) is 20.1. The lowest BCUT2D eigenvalue weighted by Gasteiger charge is -2.45. The second-order valence-electron chi connectivity index (χ2n) is 8.99. The topological polar surface area (TPSA) is 78.4 Å². The van der Waals surface area contributed by atoms with Crippen LogP contribution in [0.15, 0.2) is 41.3 Å². The van der Waals surface area contributed by atoms with Gasteiger partial charge >= 0.3 is 6.09 Å². The Hall–Kier alpha value is -2.15. The molecule has 2 heterocycles. The lowest BCUT2D eigenvalue weighted by atomic mass is 9.66. The number of carboxylic acid groups (broad SMARTS) is 1. The van der Waals surface area contributed by atoms with E-state index in [1.807, 2.05) is 20.0 Å². The van der Waals surface area contributed by atoms with Crippen LogP contribution in [0.4, 0.5) is 10.6 Å². The van der Waals surface area contributed by atoms with Gasteiger partial charge in [-0.25, -0.2) is 14.8 Å². The summed E-state index contributed by atoms with van der Waals surface area (Å²) < 4.78 is 0.745. The number of hydrogen-bond donors (Lipinski definition) is 2. The maximum atomic E-state index is 11.3. The number of piperidine rings is 1. The van der Waals surface area contributed by atoms with Gasteiger partial charge in [-0.2, -0.15) is 0 Å². The predicted octanol–water partition coefficient (Wildman–Crippen LogP) is 4.60. The number of amides is 1. The molecule has 1 atom stereocenters. The van der Waals surface area contributed by atoms with Crippen LogP contribution in [0.1, 0.15) is 50.2 Å². The number of rotatable bonds is 4. The van der Waals surface area contributed by atoms with E-state index in [1.165, 1.54) is 11.1 Å². The van der Waals surface area contributed by atoms with Gasteiger partial charge in [0.05, 0.1) is 12.4 Å². The van der Waals surface area contributed by atoms with Crippen molar-refractivity contribution in [1.29, 1.82) is 0 Å². The van der Waals surface area contributed by atoms with E-state index in [4.69, 9.17) is 0 Å². The van der Waals surface area contributed by atoms with Crippen LogP contribution in [0, 0.1) is 5.41 Å². The number of fused-ring (bicyclic) bond motifs is 1. The Balaban J connectivity index is 1.57. The molecule has 0 saturated carbocycles. The van der Waals surface area contributed by atoms with Crippen LogP contribution >= 0.6 is 15.9 Å². The lowest BCUT2D eigenvalue weighted by Crippen LogP contribution is -2.48. The minimum absolute atomic E-state index is 0.167. The molecular weight excluding hydrogens is 432 g/mol. The van der Waals surface area contributed by atoms with Crippen molar-refractivity contribution in [1.82, 2.24) is 15.3 Å². The number of benzene rings is 1. The summed E-state index contributed by atoms with van der Waals surface area (Å²) in [6.07, 6.45) is 6.60. The van der Waals surface area contributed by atoms with E-state index in [1.54, 1.807) is 6.20 Å². The van der Waals surface area contributed by atoms with Crippen LogP contribution in [-0.4, -0.2) is 39.8 Å². The average molecular weight is 459 g/mol. The van der Waals surface area contributed by atoms with Crippen molar-refractivity contribution in [2.24, 2.45) is 5.41 Å². The van der Waals surface area contributed by atoms with Crippen LogP contribution in [-0.2, 0) is 6.42 Å². The molecule has 2 aromatic rings. The van der Waals surface area contributed by atoms with Gasteiger partial charge in [0.25, 0.3) is 0 Å². The molecule has 0 bridgehead atoms. The normalized spacial score (nSPS) is 20.5. The molecule has 2 N–H and O–H groups in total. The van der Waals surface area contributed by atoms with E-state index >= 15 is 0 Å². The fourth-order valence-electron chi connectivity index (χ4n) is 5.22. The number of hydrogen-bond acceptors (Lipinski definition) is 4. The van der Waals surface area contributed by atoms with Crippen molar-refractivity contribution < 1.29 is 9.90 Å². The highest BCUT2D eigenvalue weighted by atomic mass is 79.9. The molecule has 6 nitrogen and oxygen atoms in total. The van der Waals surface area contributed by atoms with Crippen LogP contribution in [0.5, 0.6) is 0 Å². The van der Waals surface area contributed by atoms with Gasteiger partial charge in [-0.1, -0.05) is 24.3 Å². The summed E-state index contributed by atoms with van der Waals surface area (Å²) >= 11 is 3.35. The van der Waals surface area contributed by atoms with Gasteiger partial charge in [0, 0.05) is 18.6 Å². The number of carbonyl (C=O) groups is 1. The van der Waals surface area contributed by atoms with Gasteiger partial charge in [-0.3, -0.25) is 0 Å². The van der Waals surface area contributed by atoms with E-state index in [0.717, 1.165) is 49.2 Å². The monoisotopic (exact) mass is 458 g/mol. The molecule has 0 radical (unpaired) electrons. The van der Waals surface area contributed by atoms with Crippen LogP contribution in [0.3, 0.4) is 0 Å². The van der Waals surface area contributed by atoms with Gasteiger partial charge in [-0.05, 0) is 77.9 Å². The quantitative estimate of drug-likeness (QED) is 0.699. The average Bonchev–Trinajstić information content (AvgIpc) is 2.95. The zero-order valence-corrected chi connectivity index (χ0v) is 18.4. The van der Waals surface area contributed by atoms with Crippen molar-refractivity contribution >= 4 is 27.8 Å². The maximum Gasteiger partial charge on any atom is 0.405 e. The number of aromatic nitrogens is 2. The SMILES string of the molecule is CC(C)(C[C@@H]1c2ccccc2CC12CCN(c1cnc(Br)cn1)CC2)NC(=O)O. The van der Waals surface area contributed by atoms with E-state index < -0.39 is 11.6 Å². The molecule has 1 aliphatic carbocycles. The first-order valence-electron chi connectivity index (χ1n) is 10.1. The fourth-order valence-corrected chi connectivity index (χ4v) is 5.42. The second-order valence-corrected chi connectivity index (χ2v) is 9.81. The Morgan fingerprint density at radius 1 is 1.28 bits per heavy atom. The van der Waals surface area contributed by atoms with Gasteiger partial charge in [0.15, 0.2) is 0 Å². The molecule has 1 spiro atoms. The zero-order chi connectivity index (χ0) is 20.6. The molecule has 1 saturated heterocycles. The van der Waals surface area contributed by atoms with Gasteiger partial charge in [-0.15, -0.1) is 0 Å². The highest BCUT2D eigenvalue weighted by Crippen LogP contribution is 2.56. The molecular formula is C22H27BrN4O2. The molecule has 0 unspecified atom stereocenters. The molecule has 1 amide bonds. The molecule has 4 rings (SSSR count). The van der Waals surface area contributed by atoms with Crippen LogP contribution in [0.2, 0.25) is 0 Å². The summed E-state index contributed by atoms with van der Waals surface area (Å²) in [5.74, 6) is 1.27. The van der Waals surface area contributed by atoms with E-state index in [2.05, 4.69) is 60.4 Å². The van der Waals surface area contributed by atoms with E-state index in [9.17, 15) is 9.90 Å². The number of anilines is 1. The summed E-state index contributed by atoms with van der Waals surface area (Å²) in [7, 11) is 0. The summed E-state index contributed by atoms with van der Waals surface area (Å²) in [5.41, 5.74) is 2.50. The van der Waals surface area contributed by atoms with Crippen molar-refractivity contribution in [3.8, 4) is 0 Å². The third-order valence-electron chi connectivity index (χ3n) is 6.56. The van der Waals surface area contributed by atoms with E-state index in [0.29, 0.717) is 5.92 Å². The highest BCUT2D eigenvalue weighted by Gasteiger charge is 2.49. The predicted molar refractivity (Wildman–Crippen MR) is 116 cm³/mol. The van der Waals surface area contributed by atoms with Crippen molar-refractivity contribution in [3.63, 3.8) is 0 Å². The van der Waals surface area contributed by atoms with Gasteiger partial charge in [0.1, 0.15) is 10.4 Å². The molecule has 1 aromatic carbocycles. The smallest absolute Gasteiger partial charge is 0.405 e. The fraction of sp³-hybridized carbons (Fsp3) is 0.500. The Morgan fingerprint density at radius 2 is 2.00 bits per heavy atom. The molecule has 29 heavy (non-hydrogen) atoms. The summed E-state index contributed by atoms with van der Waals surface area (Å²) in [5, 5.41) is 12.0. The Morgan fingerprint density at radius 3 is 2.66 bits per heavy atom. The Kier molecular flexibility index (Phi) is 5.27. The van der Waals surface area contributed by atoms with Crippen LogP contribution < -0.4 is 10.2 Å². The molecule has 1 aliphatic heterocycles. The van der Waals surface area contributed by atoms with Gasteiger partial charge < -0.3 is 15.3 Å². The molecule has 1 aromatic heterocycles. The lowest BCUT2D eigenvalue weighted by molar-refractivity contribution is 0.143. The largest absolute Gasteiger partial charge is 0.465 e. The Bertz CT molecular complexity index is 892. The van der Waals surface area contributed by atoms with Crippen LogP contribution in [0.25, 0.3) is 0 Å². The number of halogens is 1. The number of nitrogens with one attached hydrogen (secondary N) is 1. The second kappa shape index (κ2) is 7.59. The molecule has 7 heteroatoms. The summed E-state index contributed by atoms with van der Waals surface area (Å²) in [6.45, 7) is 5.85. The molecule has 1 fully saturated rings. The maximum absolute atomic E-state index is 11.3. The molecule has 154 valence electrons. The van der Waals surface area contributed by atoms with E-state index in [-0.39, 0.29) is 5.41 Å². The van der Waals surface area contributed by atoms with Crippen molar-refractivity contribution in [3.05, 3.63) is 52.4 Å². The Labute approximate surface area is 179 Å². The standard InChI is InChI=1S/C22H27BrN4O2/c1-21(2,26-20(28)29)12-17-16-6-4-3-5-15(16)11-22(17)7-9-27(10-8-22)19-14-24-18(23)13-25-19/h3-6,13-14,17,26H,7-12H2,1-2H3,(H,28,29)/t17-/m1/s1. The van der Waals surface area contributed by atoms with Crippen molar-refractivity contribution in [2.75, 3.05) is 18.0 Å². The first-order valence-corrected chi connectivity index (χ1v) is 10.9. The third kappa shape index (κ3) is 4.10. The minimum Gasteiger partial charge on any atom is -0.465 e. The third-order valence-corrected chi connectivity index (χ3v) is 6.97. The zero-order valence-electron chi connectivity index (χ0n) is 16.9. The summed E-state index contributed by atoms with van der Waals surface area (Å²) in [4.78, 5) is 22.4. The van der Waals surface area contributed by atoms with Crippen molar-refractivity contribution in [2.45, 2.75) is 51.0 Å². The number of nitrogens with zero attached hydrogens (tertiary/aromatic N) is 3. The first-order chi connectivity index (χ1) is 13.8. The highest BCUT2D eigenvalue weighted by molar-refractivity contribution is 9.10. The molecule has 2 aliphatic rings. The summed E-state index contributed by atoms with van der Waals surface area (Å²) in [6, 6.07) is 8.69. The minimum atomic E-state index is -0.959. The van der Waals surface area contributed by atoms with Gasteiger partial charge in [0.2, 0.25) is 0 Å².